The van der Waals surface area contributed by atoms with Gasteiger partial charge >= 0.3 is 0 Å². The first-order valence-electron chi connectivity index (χ1n) is 5.91. The maximum Gasteiger partial charge on any atom is 0.184 e. The number of phenols is 3. The van der Waals surface area contributed by atoms with Gasteiger partial charge in [-0.3, -0.25) is 5.43 Å². The van der Waals surface area contributed by atoms with Crippen LogP contribution in [0.4, 0.5) is 0 Å². The van der Waals surface area contributed by atoms with E-state index in [0.29, 0.717) is 11.1 Å². The number of hydrogen-bond donors (Lipinski definition) is 5. The second kappa shape index (κ2) is 6.10. The highest BCUT2D eigenvalue weighted by Gasteiger charge is 2.06. The normalized spacial score (nSPS) is 10.7. The fraction of sp³-hybridized carbons (Fsp3) is 0. The molecule has 108 valence electrons. The number of nitrogens with one attached hydrogen (secondary N) is 1. The van der Waals surface area contributed by atoms with Gasteiger partial charge in [0, 0.05) is 5.56 Å². The topological polar surface area (TPSA) is 111 Å². The fourth-order valence-corrected chi connectivity index (χ4v) is 1.76. The molecule has 21 heavy (non-hydrogen) atoms. The quantitative estimate of drug-likeness (QED) is 0.255. The lowest BCUT2D eigenvalue weighted by Gasteiger charge is -2.06. The highest BCUT2D eigenvalue weighted by atomic mass is 32.1. The number of phenolic OH excluding ortho intramolecular Hbond substituents is 3. The van der Waals surface area contributed by atoms with Gasteiger partial charge in [0.1, 0.15) is 5.75 Å². The van der Waals surface area contributed by atoms with Crippen molar-refractivity contribution in [3.8, 4) is 28.4 Å². The summed E-state index contributed by atoms with van der Waals surface area (Å²) in [7, 11) is 0. The van der Waals surface area contributed by atoms with Gasteiger partial charge < -0.3 is 21.1 Å². The van der Waals surface area contributed by atoms with E-state index in [2.05, 4.69) is 22.7 Å². The van der Waals surface area contributed by atoms with E-state index in [0.717, 1.165) is 5.56 Å². The molecule has 0 aliphatic rings. The van der Waals surface area contributed by atoms with Crippen LogP contribution < -0.4 is 11.2 Å². The highest BCUT2D eigenvalue weighted by Crippen LogP contribution is 2.32. The fourth-order valence-electron chi connectivity index (χ4n) is 1.71. The van der Waals surface area contributed by atoms with Gasteiger partial charge in [-0.2, -0.15) is 5.10 Å². The summed E-state index contributed by atoms with van der Waals surface area (Å²) < 4.78 is 0. The molecule has 0 saturated heterocycles. The molecule has 0 fully saturated rings. The Balaban J connectivity index is 2.35. The van der Waals surface area contributed by atoms with Crippen LogP contribution in [0.1, 0.15) is 5.56 Å². The molecule has 2 aromatic carbocycles. The molecule has 0 aliphatic carbocycles. The van der Waals surface area contributed by atoms with Crippen molar-refractivity contribution >= 4 is 23.5 Å². The van der Waals surface area contributed by atoms with Gasteiger partial charge in [0.15, 0.2) is 16.6 Å². The summed E-state index contributed by atoms with van der Waals surface area (Å²) in [5.74, 6) is -0.374. The second-order valence-electron chi connectivity index (χ2n) is 4.21. The molecule has 2 rings (SSSR count). The smallest absolute Gasteiger partial charge is 0.184 e. The molecule has 0 heterocycles. The van der Waals surface area contributed by atoms with E-state index in [9.17, 15) is 15.3 Å². The molecular weight excluding hydrogens is 290 g/mol. The van der Waals surface area contributed by atoms with Crippen LogP contribution in [-0.2, 0) is 0 Å². The number of nitrogens with two attached hydrogens (primary N) is 1. The molecule has 0 radical (unpaired) electrons. The van der Waals surface area contributed by atoms with Crippen molar-refractivity contribution in [1.29, 1.82) is 0 Å². The number of aromatic hydroxyl groups is 3. The minimum absolute atomic E-state index is 0.0188. The molecule has 0 amide bonds. The number of rotatable bonds is 3. The lowest BCUT2D eigenvalue weighted by atomic mass is 10.0. The average Bonchev–Trinajstić information content (AvgIpc) is 2.43. The number of nitrogens with zero attached hydrogens (tertiary/aromatic N) is 1. The van der Waals surface area contributed by atoms with Crippen LogP contribution >= 0.6 is 12.2 Å². The van der Waals surface area contributed by atoms with Gasteiger partial charge in [0.05, 0.1) is 6.21 Å². The standard InChI is InChI=1S/C14H13N3O3S/c15-14(21)17-16-7-10-5-8(1-3-11(10)18)9-2-4-12(19)13(20)6-9/h1-7,18-20H,(H3,15,17,21). The minimum atomic E-state index is -0.217. The Hall–Kier alpha value is -2.80. The Kier molecular flexibility index (Phi) is 4.24. The number of hydrazone groups is 1. The Bertz CT molecular complexity index is 717. The van der Waals surface area contributed by atoms with Gasteiger partial charge in [-0.05, 0) is 47.6 Å². The molecule has 7 heteroatoms. The van der Waals surface area contributed by atoms with Crippen LogP contribution in [0.5, 0.6) is 17.2 Å². The molecule has 6 N–H and O–H groups in total. The zero-order chi connectivity index (χ0) is 15.4. The Morgan fingerprint density at radius 3 is 2.24 bits per heavy atom. The molecule has 0 saturated carbocycles. The second-order valence-corrected chi connectivity index (χ2v) is 4.65. The van der Waals surface area contributed by atoms with Gasteiger partial charge in [-0.15, -0.1) is 0 Å². The third-order valence-electron chi connectivity index (χ3n) is 2.71. The van der Waals surface area contributed by atoms with E-state index in [1.165, 1.54) is 24.4 Å². The first-order valence-corrected chi connectivity index (χ1v) is 6.32. The van der Waals surface area contributed by atoms with Crippen LogP contribution in [0.25, 0.3) is 11.1 Å². The number of benzene rings is 2. The summed E-state index contributed by atoms with van der Waals surface area (Å²) in [5.41, 5.74) is 9.50. The molecule has 0 atom stereocenters. The Morgan fingerprint density at radius 1 is 1.00 bits per heavy atom. The highest BCUT2D eigenvalue weighted by molar-refractivity contribution is 7.80. The first kappa shape index (κ1) is 14.6. The van der Waals surface area contributed by atoms with Crippen molar-refractivity contribution < 1.29 is 15.3 Å². The van der Waals surface area contributed by atoms with Crippen molar-refractivity contribution in [3.63, 3.8) is 0 Å². The van der Waals surface area contributed by atoms with E-state index in [-0.39, 0.29) is 22.4 Å². The SMILES string of the molecule is NC(=S)NN=Cc1cc(-c2ccc(O)c(O)c2)ccc1O. The molecule has 6 nitrogen and oxygen atoms in total. The maximum atomic E-state index is 9.77. The van der Waals surface area contributed by atoms with Gasteiger partial charge in [-0.1, -0.05) is 12.1 Å². The first-order chi connectivity index (χ1) is 9.97. The summed E-state index contributed by atoms with van der Waals surface area (Å²) in [6.45, 7) is 0. The van der Waals surface area contributed by atoms with Crippen LogP contribution in [0.15, 0.2) is 41.5 Å². The van der Waals surface area contributed by atoms with Crippen molar-refractivity contribution in [2.24, 2.45) is 10.8 Å². The molecule has 0 bridgehead atoms. The van der Waals surface area contributed by atoms with E-state index < -0.39 is 0 Å². The van der Waals surface area contributed by atoms with Crippen molar-refractivity contribution in [3.05, 3.63) is 42.0 Å². The van der Waals surface area contributed by atoms with Gasteiger partial charge in [0.2, 0.25) is 0 Å². The van der Waals surface area contributed by atoms with Crippen LogP contribution in [0, 0.1) is 0 Å². The lowest BCUT2D eigenvalue weighted by Crippen LogP contribution is -2.23. The zero-order valence-electron chi connectivity index (χ0n) is 10.8. The third-order valence-corrected chi connectivity index (χ3v) is 2.81. The summed E-state index contributed by atoms with van der Waals surface area (Å²) in [6, 6.07) is 9.32. The predicted octanol–water partition coefficient (Wildman–Crippen LogP) is 1.64. The zero-order valence-corrected chi connectivity index (χ0v) is 11.6. The van der Waals surface area contributed by atoms with E-state index >= 15 is 0 Å². The van der Waals surface area contributed by atoms with Crippen LogP contribution in [-0.4, -0.2) is 26.6 Å². The van der Waals surface area contributed by atoms with Crippen molar-refractivity contribution in [2.45, 2.75) is 0 Å². The monoisotopic (exact) mass is 303 g/mol. The van der Waals surface area contributed by atoms with Gasteiger partial charge in [0.25, 0.3) is 0 Å². The summed E-state index contributed by atoms with van der Waals surface area (Å²) in [6.07, 6.45) is 1.37. The van der Waals surface area contributed by atoms with E-state index in [1.54, 1.807) is 18.2 Å². The molecular formula is C14H13N3O3S. The van der Waals surface area contributed by atoms with E-state index in [4.69, 9.17) is 5.73 Å². The Morgan fingerprint density at radius 2 is 1.62 bits per heavy atom. The minimum Gasteiger partial charge on any atom is -0.507 e. The predicted molar refractivity (Wildman–Crippen MR) is 84.4 cm³/mol. The molecule has 2 aromatic rings. The molecule has 0 unspecified atom stereocenters. The van der Waals surface area contributed by atoms with Crippen molar-refractivity contribution in [1.82, 2.24) is 5.43 Å². The third kappa shape index (κ3) is 3.61. The maximum absolute atomic E-state index is 9.77. The molecule has 0 aliphatic heterocycles. The van der Waals surface area contributed by atoms with Crippen LogP contribution in [0.3, 0.4) is 0 Å². The summed E-state index contributed by atoms with van der Waals surface area (Å²) in [5, 5.41) is 32.4. The average molecular weight is 303 g/mol. The van der Waals surface area contributed by atoms with Crippen molar-refractivity contribution in [2.75, 3.05) is 0 Å². The van der Waals surface area contributed by atoms with Gasteiger partial charge in [-0.25, -0.2) is 0 Å². The summed E-state index contributed by atoms with van der Waals surface area (Å²) in [4.78, 5) is 0. The number of thiocarbonyl (C=S) groups is 1. The van der Waals surface area contributed by atoms with E-state index in [1.807, 2.05) is 0 Å². The number of hydrogen-bond acceptors (Lipinski definition) is 5. The lowest BCUT2D eigenvalue weighted by molar-refractivity contribution is 0.404. The largest absolute Gasteiger partial charge is 0.507 e. The molecule has 0 aromatic heterocycles. The summed E-state index contributed by atoms with van der Waals surface area (Å²) >= 11 is 4.61. The van der Waals surface area contributed by atoms with Crippen LogP contribution in [0.2, 0.25) is 0 Å². The Labute approximate surface area is 126 Å². The molecule has 0 spiro atoms.